The van der Waals surface area contributed by atoms with Gasteiger partial charge in [0, 0.05) is 17.0 Å². The van der Waals surface area contributed by atoms with Crippen molar-refractivity contribution in [3.05, 3.63) is 59.1 Å². The van der Waals surface area contributed by atoms with Crippen molar-refractivity contribution in [1.29, 1.82) is 0 Å². The van der Waals surface area contributed by atoms with Gasteiger partial charge in [0.15, 0.2) is 0 Å². The van der Waals surface area contributed by atoms with Gasteiger partial charge < -0.3 is 9.73 Å². The van der Waals surface area contributed by atoms with Gasteiger partial charge in [-0.2, -0.15) is 0 Å². The molecule has 0 spiro atoms. The van der Waals surface area contributed by atoms with Crippen LogP contribution in [-0.4, -0.2) is 15.0 Å². The summed E-state index contributed by atoms with van der Waals surface area (Å²) < 4.78 is 45.1. The molecule has 6 heteroatoms. The number of benzene rings is 2. The van der Waals surface area contributed by atoms with Gasteiger partial charge in [-0.1, -0.05) is 6.07 Å². The molecule has 124 valence electrons. The minimum absolute atomic E-state index is 0.0140. The minimum atomic E-state index is -3.80. The van der Waals surface area contributed by atoms with Gasteiger partial charge in [-0.15, -0.1) is 0 Å². The van der Waals surface area contributed by atoms with Gasteiger partial charge in [0.05, 0.1) is 16.3 Å². The zero-order chi connectivity index (χ0) is 16.9. The lowest BCUT2D eigenvalue weighted by molar-refractivity contribution is 0.487. The molecule has 0 saturated heterocycles. The quantitative estimate of drug-likeness (QED) is 0.774. The number of halogens is 1. The maximum absolute atomic E-state index is 13.5. The Bertz CT molecular complexity index is 1050. The molecule has 2 aromatic carbocycles. The Morgan fingerprint density at radius 1 is 1.17 bits per heavy atom. The monoisotopic (exact) mass is 345 g/mol. The zero-order valence-corrected chi connectivity index (χ0v) is 13.9. The van der Waals surface area contributed by atoms with Crippen LogP contribution in [0.5, 0.6) is 0 Å². The SMILES string of the molecule is Cc1ccc(F)cc1S(=O)(=O)c1ccc2c3c(oc2c1)CNCC3. The maximum atomic E-state index is 13.5. The molecule has 0 saturated carbocycles. The van der Waals surface area contributed by atoms with Crippen molar-refractivity contribution in [2.24, 2.45) is 0 Å². The minimum Gasteiger partial charge on any atom is -0.459 e. The summed E-state index contributed by atoms with van der Waals surface area (Å²) in [4.78, 5) is 0.0996. The molecule has 0 radical (unpaired) electrons. The summed E-state index contributed by atoms with van der Waals surface area (Å²) in [5.41, 5.74) is 2.20. The van der Waals surface area contributed by atoms with Gasteiger partial charge in [0.2, 0.25) is 9.84 Å². The summed E-state index contributed by atoms with van der Waals surface area (Å²) in [5.74, 6) is 0.285. The molecule has 2 heterocycles. The number of hydrogen-bond acceptors (Lipinski definition) is 4. The summed E-state index contributed by atoms with van der Waals surface area (Å²) >= 11 is 0. The fourth-order valence-electron chi connectivity index (χ4n) is 3.17. The molecule has 4 rings (SSSR count). The first-order valence-electron chi connectivity index (χ1n) is 7.73. The van der Waals surface area contributed by atoms with E-state index in [4.69, 9.17) is 4.42 Å². The fraction of sp³-hybridized carbons (Fsp3) is 0.222. The molecule has 0 bridgehead atoms. The van der Waals surface area contributed by atoms with Crippen molar-refractivity contribution >= 4 is 20.8 Å². The van der Waals surface area contributed by atoms with Crippen molar-refractivity contribution in [3.63, 3.8) is 0 Å². The normalized spacial score (nSPS) is 14.8. The Labute approximate surface area is 139 Å². The Kier molecular flexibility index (Phi) is 3.47. The van der Waals surface area contributed by atoms with Crippen molar-refractivity contribution < 1.29 is 17.2 Å². The molecule has 24 heavy (non-hydrogen) atoms. The second-order valence-corrected chi connectivity index (χ2v) is 7.92. The van der Waals surface area contributed by atoms with Gasteiger partial charge in [0.1, 0.15) is 17.2 Å². The lowest BCUT2D eigenvalue weighted by Gasteiger charge is -2.10. The third-order valence-corrected chi connectivity index (χ3v) is 6.33. The second-order valence-electron chi connectivity index (χ2n) is 6.00. The van der Waals surface area contributed by atoms with E-state index in [-0.39, 0.29) is 9.79 Å². The van der Waals surface area contributed by atoms with Crippen LogP contribution in [0.4, 0.5) is 4.39 Å². The molecule has 0 unspecified atom stereocenters. The Morgan fingerprint density at radius 2 is 2.00 bits per heavy atom. The zero-order valence-electron chi connectivity index (χ0n) is 13.1. The highest BCUT2D eigenvalue weighted by molar-refractivity contribution is 7.91. The summed E-state index contributed by atoms with van der Waals surface area (Å²) in [7, 11) is -3.80. The number of sulfone groups is 1. The molecule has 1 aromatic heterocycles. The van der Waals surface area contributed by atoms with E-state index >= 15 is 0 Å². The molecule has 4 nitrogen and oxygen atoms in total. The van der Waals surface area contributed by atoms with Crippen molar-refractivity contribution in [2.75, 3.05) is 6.54 Å². The van der Waals surface area contributed by atoms with Crippen molar-refractivity contribution in [2.45, 2.75) is 29.7 Å². The van der Waals surface area contributed by atoms with E-state index in [1.165, 1.54) is 18.2 Å². The van der Waals surface area contributed by atoms with E-state index in [0.29, 0.717) is 17.7 Å². The average molecular weight is 345 g/mol. The first kappa shape index (κ1) is 15.4. The van der Waals surface area contributed by atoms with E-state index in [0.717, 1.165) is 35.7 Å². The highest BCUT2D eigenvalue weighted by Gasteiger charge is 2.23. The Morgan fingerprint density at radius 3 is 2.83 bits per heavy atom. The molecule has 1 aliphatic rings. The topological polar surface area (TPSA) is 59.3 Å². The molecular weight excluding hydrogens is 329 g/mol. The lowest BCUT2D eigenvalue weighted by atomic mass is 10.1. The molecule has 0 amide bonds. The van der Waals surface area contributed by atoms with Crippen molar-refractivity contribution in [3.8, 4) is 0 Å². The van der Waals surface area contributed by atoms with Crippen LogP contribution in [0.15, 0.2) is 50.6 Å². The van der Waals surface area contributed by atoms with Crippen LogP contribution >= 0.6 is 0 Å². The van der Waals surface area contributed by atoms with Gasteiger partial charge in [-0.25, -0.2) is 12.8 Å². The Hall–Kier alpha value is -2.18. The van der Waals surface area contributed by atoms with Crippen LogP contribution in [0, 0.1) is 12.7 Å². The molecule has 0 atom stereocenters. The molecule has 3 aromatic rings. The second kappa shape index (κ2) is 5.43. The van der Waals surface area contributed by atoms with E-state index in [1.807, 2.05) is 0 Å². The lowest BCUT2D eigenvalue weighted by Crippen LogP contribution is -2.22. The van der Waals surface area contributed by atoms with Crippen LogP contribution in [0.3, 0.4) is 0 Å². The Balaban J connectivity index is 1.88. The summed E-state index contributed by atoms with van der Waals surface area (Å²) in [6.07, 6.45) is 0.859. The van der Waals surface area contributed by atoms with E-state index in [9.17, 15) is 12.8 Å². The van der Waals surface area contributed by atoms with Crippen LogP contribution in [0.1, 0.15) is 16.9 Å². The third kappa shape index (κ3) is 2.34. The fourth-order valence-corrected chi connectivity index (χ4v) is 4.69. The predicted molar refractivity (Wildman–Crippen MR) is 88.2 cm³/mol. The van der Waals surface area contributed by atoms with Crippen molar-refractivity contribution in [1.82, 2.24) is 5.32 Å². The number of fused-ring (bicyclic) bond motifs is 3. The molecule has 0 fully saturated rings. The largest absolute Gasteiger partial charge is 0.459 e. The summed E-state index contributed by atoms with van der Waals surface area (Å²) in [6.45, 7) is 3.18. The maximum Gasteiger partial charge on any atom is 0.207 e. The van der Waals surface area contributed by atoms with Gasteiger partial charge in [0.25, 0.3) is 0 Å². The summed E-state index contributed by atoms with van der Waals surface area (Å²) in [6, 6.07) is 8.67. The first-order valence-corrected chi connectivity index (χ1v) is 9.21. The number of hydrogen-bond donors (Lipinski definition) is 1. The highest BCUT2D eigenvalue weighted by Crippen LogP contribution is 2.32. The molecular formula is C18H16FNO3S. The van der Waals surface area contributed by atoms with Gasteiger partial charge in [-0.05, 0) is 49.7 Å². The van der Waals surface area contributed by atoms with Crippen LogP contribution < -0.4 is 5.32 Å². The standard InChI is InChI=1S/C18H16FNO3S/c1-11-2-3-12(19)8-18(11)24(21,22)13-4-5-14-15-6-7-20-10-17(15)23-16(14)9-13/h2-5,8-9,20H,6-7,10H2,1H3. The summed E-state index contributed by atoms with van der Waals surface area (Å²) in [5, 5.41) is 4.18. The van der Waals surface area contributed by atoms with E-state index in [2.05, 4.69) is 5.32 Å². The van der Waals surface area contributed by atoms with Gasteiger partial charge >= 0.3 is 0 Å². The van der Waals surface area contributed by atoms with Crippen LogP contribution in [-0.2, 0) is 22.8 Å². The number of nitrogens with one attached hydrogen (secondary N) is 1. The molecule has 1 aliphatic heterocycles. The van der Waals surface area contributed by atoms with Crippen LogP contribution in [0.2, 0.25) is 0 Å². The van der Waals surface area contributed by atoms with Gasteiger partial charge in [-0.3, -0.25) is 0 Å². The smallest absolute Gasteiger partial charge is 0.207 e. The third-order valence-electron chi connectivity index (χ3n) is 4.44. The predicted octanol–water partition coefficient (Wildman–Crippen LogP) is 3.36. The van der Waals surface area contributed by atoms with E-state index < -0.39 is 15.7 Å². The average Bonchev–Trinajstić information content (AvgIpc) is 2.94. The highest BCUT2D eigenvalue weighted by atomic mass is 32.2. The molecule has 1 N–H and O–H groups in total. The first-order chi connectivity index (χ1) is 11.5. The number of furan rings is 1. The van der Waals surface area contributed by atoms with E-state index in [1.54, 1.807) is 19.1 Å². The van der Waals surface area contributed by atoms with Crippen LogP contribution in [0.25, 0.3) is 11.0 Å². The number of aryl methyl sites for hydroxylation is 1. The molecule has 0 aliphatic carbocycles. The number of rotatable bonds is 2.